The zero-order valence-electron chi connectivity index (χ0n) is 11.0. The lowest BCUT2D eigenvalue weighted by atomic mass is 9.92. The Bertz CT molecular complexity index is 341. The van der Waals surface area contributed by atoms with E-state index in [0.717, 1.165) is 25.1 Å². The van der Waals surface area contributed by atoms with E-state index in [-0.39, 0.29) is 11.3 Å². The van der Waals surface area contributed by atoms with Crippen LogP contribution in [0.15, 0.2) is 24.4 Å². The summed E-state index contributed by atoms with van der Waals surface area (Å²) in [6.45, 7) is 6.94. The fourth-order valence-electron chi connectivity index (χ4n) is 1.59. The number of hydrogen-bond acceptors (Lipinski definition) is 2. The van der Waals surface area contributed by atoms with Gasteiger partial charge in [-0.2, -0.15) is 0 Å². The topological polar surface area (TPSA) is 42.0 Å². The van der Waals surface area contributed by atoms with Gasteiger partial charge in [-0.05, 0) is 30.4 Å². The Morgan fingerprint density at radius 2 is 2.12 bits per heavy atom. The van der Waals surface area contributed by atoms with E-state index in [1.807, 2.05) is 18.2 Å². The van der Waals surface area contributed by atoms with Crippen molar-refractivity contribution in [1.82, 2.24) is 10.3 Å². The van der Waals surface area contributed by atoms with E-state index in [9.17, 15) is 4.79 Å². The van der Waals surface area contributed by atoms with Crippen LogP contribution in [0.4, 0.5) is 0 Å². The molecule has 1 amide bonds. The van der Waals surface area contributed by atoms with Crippen molar-refractivity contribution >= 4 is 5.91 Å². The number of pyridine rings is 1. The van der Waals surface area contributed by atoms with Crippen LogP contribution < -0.4 is 5.32 Å². The lowest BCUT2D eigenvalue weighted by molar-refractivity contribution is -0.122. The van der Waals surface area contributed by atoms with Crippen LogP contribution in [0.1, 0.15) is 39.3 Å². The highest BCUT2D eigenvalue weighted by Gasteiger charge is 2.15. The third-order valence-corrected chi connectivity index (χ3v) is 2.35. The smallest absolute Gasteiger partial charge is 0.220 e. The van der Waals surface area contributed by atoms with Gasteiger partial charge >= 0.3 is 0 Å². The Labute approximate surface area is 104 Å². The summed E-state index contributed by atoms with van der Waals surface area (Å²) in [4.78, 5) is 15.8. The molecule has 3 heteroatoms. The molecule has 0 aromatic carbocycles. The Kier molecular flexibility index (Phi) is 5.13. The van der Waals surface area contributed by atoms with Crippen molar-refractivity contribution in [1.29, 1.82) is 0 Å². The average molecular weight is 234 g/mol. The van der Waals surface area contributed by atoms with Crippen molar-refractivity contribution < 1.29 is 4.79 Å². The van der Waals surface area contributed by atoms with Crippen molar-refractivity contribution in [2.24, 2.45) is 5.41 Å². The summed E-state index contributed by atoms with van der Waals surface area (Å²) >= 11 is 0. The monoisotopic (exact) mass is 234 g/mol. The highest BCUT2D eigenvalue weighted by molar-refractivity contribution is 5.76. The molecule has 0 atom stereocenters. The molecule has 94 valence electrons. The molecule has 17 heavy (non-hydrogen) atoms. The van der Waals surface area contributed by atoms with E-state index in [0.29, 0.717) is 6.42 Å². The van der Waals surface area contributed by atoms with Crippen LogP contribution in [0.25, 0.3) is 0 Å². The molecule has 1 N–H and O–H groups in total. The Morgan fingerprint density at radius 3 is 2.71 bits per heavy atom. The number of aryl methyl sites for hydroxylation is 1. The fraction of sp³-hybridized carbons (Fsp3) is 0.571. The fourth-order valence-corrected chi connectivity index (χ4v) is 1.59. The van der Waals surface area contributed by atoms with Gasteiger partial charge in [0.05, 0.1) is 0 Å². The van der Waals surface area contributed by atoms with Gasteiger partial charge in [0, 0.05) is 24.9 Å². The maximum absolute atomic E-state index is 11.5. The first-order valence-corrected chi connectivity index (χ1v) is 6.14. The SMILES string of the molecule is CC(C)(C)CC(=O)NCCCc1ccccn1. The molecule has 3 nitrogen and oxygen atoms in total. The van der Waals surface area contributed by atoms with Gasteiger partial charge in [0.1, 0.15) is 0 Å². The summed E-state index contributed by atoms with van der Waals surface area (Å²) in [5, 5.41) is 2.94. The number of carbonyl (C=O) groups is 1. The molecule has 0 saturated heterocycles. The van der Waals surface area contributed by atoms with Crippen LogP contribution in [0.3, 0.4) is 0 Å². The minimum Gasteiger partial charge on any atom is -0.356 e. The second-order valence-corrected chi connectivity index (χ2v) is 5.51. The minimum absolute atomic E-state index is 0.0606. The van der Waals surface area contributed by atoms with Gasteiger partial charge in [0.25, 0.3) is 0 Å². The summed E-state index contributed by atoms with van der Waals surface area (Å²) in [7, 11) is 0. The van der Waals surface area contributed by atoms with E-state index < -0.39 is 0 Å². The van der Waals surface area contributed by atoms with Crippen LogP contribution in [0.2, 0.25) is 0 Å². The molecule has 0 aliphatic rings. The minimum atomic E-state index is 0.0606. The second kappa shape index (κ2) is 6.38. The van der Waals surface area contributed by atoms with Gasteiger partial charge in [-0.3, -0.25) is 9.78 Å². The largest absolute Gasteiger partial charge is 0.356 e. The van der Waals surface area contributed by atoms with Gasteiger partial charge in [-0.25, -0.2) is 0 Å². The maximum Gasteiger partial charge on any atom is 0.220 e. The van der Waals surface area contributed by atoms with Gasteiger partial charge in [0.2, 0.25) is 5.91 Å². The first-order chi connectivity index (χ1) is 7.97. The quantitative estimate of drug-likeness (QED) is 0.796. The van der Waals surface area contributed by atoms with Crippen LogP contribution in [-0.4, -0.2) is 17.4 Å². The number of carbonyl (C=O) groups excluding carboxylic acids is 1. The summed E-state index contributed by atoms with van der Waals surface area (Å²) in [6.07, 6.45) is 4.23. The standard InChI is InChI=1S/C14H22N2O/c1-14(2,3)11-13(17)16-10-6-8-12-7-4-5-9-15-12/h4-5,7,9H,6,8,10-11H2,1-3H3,(H,16,17). The summed E-state index contributed by atoms with van der Waals surface area (Å²) < 4.78 is 0. The zero-order valence-corrected chi connectivity index (χ0v) is 11.0. The van der Waals surface area contributed by atoms with Gasteiger partial charge in [-0.1, -0.05) is 26.8 Å². The second-order valence-electron chi connectivity index (χ2n) is 5.51. The number of nitrogens with zero attached hydrogens (tertiary/aromatic N) is 1. The van der Waals surface area contributed by atoms with Gasteiger partial charge in [-0.15, -0.1) is 0 Å². The van der Waals surface area contributed by atoms with E-state index in [1.165, 1.54) is 0 Å². The van der Waals surface area contributed by atoms with Crippen molar-refractivity contribution in [2.75, 3.05) is 6.54 Å². The highest BCUT2D eigenvalue weighted by atomic mass is 16.1. The third-order valence-electron chi connectivity index (χ3n) is 2.35. The molecule has 0 unspecified atom stereocenters. The molecule has 0 spiro atoms. The number of hydrogen-bond donors (Lipinski definition) is 1. The summed E-state index contributed by atoms with van der Waals surface area (Å²) in [5.41, 5.74) is 1.14. The van der Waals surface area contributed by atoms with Gasteiger partial charge < -0.3 is 5.32 Å². The molecule has 0 fully saturated rings. The molecule has 1 aromatic heterocycles. The molecule has 0 aliphatic heterocycles. The predicted octanol–water partition coefficient (Wildman–Crippen LogP) is 2.57. The van der Waals surface area contributed by atoms with Crippen molar-refractivity contribution in [3.05, 3.63) is 30.1 Å². The van der Waals surface area contributed by atoms with E-state index in [4.69, 9.17) is 0 Å². The highest BCUT2D eigenvalue weighted by Crippen LogP contribution is 2.17. The summed E-state index contributed by atoms with van der Waals surface area (Å²) in [6, 6.07) is 5.91. The molecule has 1 heterocycles. The van der Waals surface area contributed by atoms with Crippen LogP contribution in [0, 0.1) is 5.41 Å². The molecular weight excluding hydrogens is 212 g/mol. The maximum atomic E-state index is 11.5. The lowest BCUT2D eigenvalue weighted by Gasteiger charge is -2.17. The van der Waals surface area contributed by atoms with Crippen LogP contribution in [0.5, 0.6) is 0 Å². The van der Waals surface area contributed by atoms with Crippen molar-refractivity contribution in [3.63, 3.8) is 0 Å². The normalized spacial score (nSPS) is 11.2. The van der Waals surface area contributed by atoms with E-state index in [2.05, 4.69) is 31.1 Å². The third kappa shape index (κ3) is 6.72. The Balaban J connectivity index is 2.14. The number of amides is 1. The van der Waals surface area contributed by atoms with Crippen LogP contribution in [-0.2, 0) is 11.2 Å². The van der Waals surface area contributed by atoms with Crippen molar-refractivity contribution in [3.8, 4) is 0 Å². The number of rotatable bonds is 5. The van der Waals surface area contributed by atoms with Crippen molar-refractivity contribution in [2.45, 2.75) is 40.0 Å². The molecular formula is C14H22N2O. The molecule has 0 bridgehead atoms. The number of nitrogens with one attached hydrogen (secondary N) is 1. The zero-order chi connectivity index (χ0) is 12.7. The molecule has 0 aliphatic carbocycles. The Morgan fingerprint density at radius 1 is 1.35 bits per heavy atom. The number of aromatic nitrogens is 1. The summed E-state index contributed by atoms with van der Waals surface area (Å²) in [5.74, 6) is 0.138. The average Bonchev–Trinajstić information content (AvgIpc) is 2.23. The van der Waals surface area contributed by atoms with E-state index >= 15 is 0 Å². The van der Waals surface area contributed by atoms with E-state index in [1.54, 1.807) is 6.20 Å². The first-order valence-electron chi connectivity index (χ1n) is 6.14. The Hall–Kier alpha value is -1.38. The first kappa shape index (κ1) is 13.7. The molecule has 0 radical (unpaired) electrons. The predicted molar refractivity (Wildman–Crippen MR) is 69.6 cm³/mol. The lowest BCUT2D eigenvalue weighted by Crippen LogP contribution is -2.28. The van der Waals surface area contributed by atoms with Crippen LogP contribution >= 0.6 is 0 Å². The molecule has 1 rings (SSSR count). The van der Waals surface area contributed by atoms with Gasteiger partial charge in [0.15, 0.2) is 0 Å². The molecule has 1 aromatic rings. The molecule has 0 saturated carbocycles.